The first-order valence-electron chi connectivity index (χ1n) is 4.91. The van der Waals surface area contributed by atoms with Gasteiger partial charge >= 0.3 is 0 Å². The third-order valence-corrected chi connectivity index (χ3v) is 1.46. The van der Waals surface area contributed by atoms with E-state index in [1.54, 1.807) is 0 Å². The van der Waals surface area contributed by atoms with Crippen LogP contribution < -0.4 is 0 Å². The van der Waals surface area contributed by atoms with Gasteiger partial charge < -0.3 is 0 Å². The summed E-state index contributed by atoms with van der Waals surface area (Å²) in [6, 6.07) is 0. The van der Waals surface area contributed by atoms with Gasteiger partial charge in [-0.25, -0.2) is 0 Å². The Morgan fingerprint density at radius 1 is 0.636 bits per heavy atom. The van der Waals surface area contributed by atoms with E-state index >= 15 is 0 Å². The van der Waals surface area contributed by atoms with E-state index in [-0.39, 0.29) is 7.43 Å². The molecule has 0 rings (SSSR count). The second kappa shape index (κ2) is 22.5. The number of unbranched alkanes of at least 4 members (excludes halogenated alkanes) is 5. The quantitative estimate of drug-likeness (QED) is 0.495. The summed E-state index contributed by atoms with van der Waals surface area (Å²) >= 11 is 0. The van der Waals surface area contributed by atoms with E-state index in [2.05, 4.69) is 13.8 Å². The molecule has 0 N–H and O–H groups in total. The van der Waals surface area contributed by atoms with Gasteiger partial charge in [0.15, 0.2) is 0 Å². The van der Waals surface area contributed by atoms with Crippen molar-refractivity contribution >= 4 is 0 Å². The van der Waals surface area contributed by atoms with E-state index in [0.29, 0.717) is 0 Å². The van der Waals surface area contributed by atoms with Crippen LogP contribution in [-0.2, 0) is 0 Å². The van der Waals surface area contributed by atoms with Crippen LogP contribution in [0.5, 0.6) is 0 Å². The Labute approximate surface area is 74.4 Å². The lowest BCUT2D eigenvalue weighted by Gasteiger charge is -1.93. The van der Waals surface area contributed by atoms with Crippen LogP contribution in [0.1, 0.15) is 73.6 Å². The van der Waals surface area contributed by atoms with E-state index in [1.165, 1.54) is 38.5 Å². The largest absolute Gasteiger partial charge is 0.0776 e. The summed E-state index contributed by atoms with van der Waals surface area (Å²) in [4.78, 5) is 0. The van der Waals surface area contributed by atoms with Crippen LogP contribution >= 0.6 is 0 Å². The van der Waals surface area contributed by atoms with Crippen molar-refractivity contribution in [1.29, 1.82) is 0 Å². The molecule has 0 aliphatic rings. The molecule has 0 atom stereocenters. The molecule has 72 valence electrons. The summed E-state index contributed by atoms with van der Waals surface area (Å²) in [5, 5.41) is 0. The molecule has 0 aliphatic heterocycles. The summed E-state index contributed by atoms with van der Waals surface area (Å²) in [7, 11) is 0. The van der Waals surface area contributed by atoms with Crippen LogP contribution in [0.15, 0.2) is 0 Å². The average Bonchev–Trinajstić information content (AvgIpc) is 2.02. The molecule has 11 heavy (non-hydrogen) atoms. The Hall–Kier alpha value is 0. The topological polar surface area (TPSA) is 0 Å². The van der Waals surface area contributed by atoms with E-state index in [9.17, 15) is 0 Å². The highest BCUT2D eigenvalue weighted by atomic mass is 13.9. The van der Waals surface area contributed by atoms with Crippen molar-refractivity contribution in [2.24, 2.45) is 0 Å². The van der Waals surface area contributed by atoms with Gasteiger partial charge in [0.1, 0.15) is 0 Å². The first kappa shape index (κ1) is 17.2. The van der Waals surface area contributed by atoms with Crippen LogP contribution in [0.3, 0.4) is 0 Å². The lowest BCUT2D eigenvalue weighted by molar-refractivity contribution is 0.624. The van der Waals surface area contributed by atoms with Crippen LogP contribution in [0.2, 0.25) is 0 Å². The predicted octanol–water partition coefficient (Wildman–Crippen LogP) is 5.03. The summed E-state index contributed by atoms with van der Waals surface area (Å²) in [5.41, 5.74) is 0. The second-order valence-corrected chi connectivity index (χ2v) is 2.41. The normalized spacial score (nSPS) is 7.64. The van der Waals surface area contributed by atoms with E-state index in [1.807, 2.05) is 13.8 Å². The fourth-order valence-corrected chi connectivity index (χ4v) is 0.854. The predicted molar refractivity (Wildman–Crippen MR) is 57.1 cm³/mol. The lowest BCUT2D eigenvalue weighted by atomic mass is 10.1. The Bertz CT molecular complexity index is 25.0. The van der Waals surface area contributed by atoms with Crippen LogP contribution in [-0.4, -0.2) is 0 Å². The minimum Gasteiger partial charge on any atom is -0.0776 e. The van der Waals surface area contributed by atoms with Gasteiger partial charge in [0.25, 0.3) is 0 Å². The molecule has 0 aromatic rings. The monoisotopic (exact) mass is 160 g/mol. The van der Waals surface area contributed by atoms with Crippen LogP contribution in [0.4, 0.5) is 0 Å². The molecule has 0 unspecified atom stereocenters. The molecule has 0 fully saturated rings. The van der Waals surface area contributed by atoms with Crippen molar-refractivity contribution < 1.29 is 0 Å². The number of hydrogen-bond donors (Lipinski definition) is 0. The first-order valence-corrected chi connectivity index (χ1v) is 4.91. The minimum absolute atomic E-state index is 0. The molecule has 0 radical (unpaired) electrons. The number of rotatable bonds is 5. The lowest BCUT2D eigenvalue weighted by Crippen LogP contribution is -1.73. The summed E-state index contributed by atoms with van der Waals surface area (Å²) in [6.07, 6.45) is 8.49. The molecular formula is C11H28. The molecule has 0 saturated carbocycles. The molecule has 0 nitrogen and oxygen atoms in total. The molecule has 0 aromatic carbocycles. The highest BCUT2D eigenvalue weighted by Crippen LogP contribution is 2.03. The highest BCUT2D eigenvalue weighted by molar-refractivity contribution is 4.39. The maximum atomic E-state index is 2.26. The molecule has 0 saturated heterocycles. The highest BCUT2D eigenvalue weighted by Gasteiger charge is 1.83. The van der Waals surface area contributed by atoms with Crippen molar-refractivity contribution in [2.45, 2.75) is 73.6 Å². The summed E-state index contributed by atoms with van der Waals surface area (Å²) in [6.45, 7) is 8.51. The van der Waals surface area contributed by atoms with Crippen molar-refractivity contribution in [2.75, 3.05) is 0 Å². The second-order valence-electron chi connectivity index (χ2n) is 2.41. The maximum Gasteiger partial charge on any atom is -0.0533 e. The average molecular weight is 160 g/mol. The van der Waals surface area contributed by atoms with E-state index in [0.717, 1.165) is 0 Å². The zero-order valence-corrected chi connectivity index (χ0v) is 8.24. The Kier molecular flexibility index (Phi) is 35.2. The third-order valence-electron chi connectivity index (χ3n) is 1.46. The summed E-state index contributed by atoms with van der Waals surface area (Å²) < 4.78 is 0. The van der Waals surface area contributed by atoms with Crippen molar-refractivity contribution in [3.63, 3.8) is 0 Å². The van der Waals surface area contributed by atoms with Crippen LogP contribution in [0, 0.1) is 0 Å². The van der Waals surface area contributed by atoms with Crippen molar-refractivity contribution in [3.05, 3.63) is 0 Å². The standard InChI is InChI=1S/C8H18.C2H6.CH4/c1-3-5-7-8-6-4-2;1-2;/h3-8H2,1-2H3;1-2H3;1H4. The van der Waals surface area contributed by atoms with E-state index in [4.69, 9.17) is 0 Å². The molecular weight excluding hydrogens is 132 g/mol. The fraction of sp³-hybridized carbons (Fsp3) is 1.00. The summed E-state index contributed by atoms with van der Waals surface area (Å²) in [5.74, 6) is 0. The molecule has 0 spiro atoms. The van der Waals surface area contributed by atoms with Gasteiger partial charge in [-0.2, -0.15) is 0 Å². The minimum atomic E-state index is 0. The Balaban J connectivity index is -0.000000196. The van der Waals surface area contributed by atoms with Gasteiger partial charge in [-0.1, -0.05) is 73.6 Å². The van der Waals surface area contributed by atoms with Gasteiger partial charge in [-0.3, -0.25) is 0 Å². The molecule has 0 bridgehead atoms. The Morgan fingerprint density at radius 2 is 0.909 bits per heavy atom. The molecule has 0 aliphatic carbocycles. The van der Waals surface area contributed by atoms with E-state index < -0.39 is 0 Å². The Morgan fingerprint density at radius 3 is 1.09 bits per heavy atom. The smallest absolute Gasteiger partial charge is 0.0533 e. The molecule has 0 heteroatoms. The first-order chi connectivity index (χ1) is 4.91. The van der Waals surface area contributed by atoms with Gasteiger partial charge in [-0.05, 0) is 0 Å². The van der Waals surface area contributed by atoms with Crippen molar-refractivity contribution in [3.8, 4) is 0 Å². The van der Waals surface area contributed by atoms with Crippen LogP contribution in [0.25, 0.3) is 0 Å². The van der Waals surface area contributed by atoms with Gasteiger partial charge in [0, 0.05) is 0 Å². The zero-order valence-electron chi connectivity index (χ0n) is 8.24. The third kappa shape index (κ3) is 25.6. The van der Waals surface area contributed by atoms with Crippen molar-refractivity contribution in [1.82, 2.24) is 0 Å². The maximum absolute atomic E-state index is 2.26. The molecule has 0 heterocycles. The molecule has 0 aromatic heterocycles. The SMILES string of the molecule is C.CC.CCCCCCCC. The van der Waals surface area contributed by atoms with Gasteiger partial charge in [0.2, 0.25) is 0 Å². The number of hydrogen-bond acceptors (Lipinski definition) is 0. The zero-order chi connectivity index (χ0) is 8.24. The van der Waals surface area contributed by atoms with Gasteiger partial charge in [-0.15, -0.1) is 0 Å². The van der Waals surface area contributed by atoms with Gasteiger partial charge in [0.05, 0.1) is 0 Å². The molecule has 0 amide bonds. The fourth-order valence-electron chi connectivity index (χ4n) is 0.854.